The lowest BCUT2D eigenvalue weighted by Gasteiger charge is -2.16. The number of rotatable bonds is 10. The Morgan fingerprint density at radius 3 is 2.48 bits per heavy atom. The zero-order valence-electron chi connectivity index (χ0n) is 16.8. The van der Waals surface area contributed by atoms with Gasteiger partial charge in [0.05, 0.1) is 11.8 Å². The Morgan fingerprint density at radius 1 is 1.21 bits per heavy atom. The standard InChI is InChI=1S/C18H29F3N4O2S.HI/c1-4-22-17(23-10-6-11-25-28(3,26)27)24-12-9-14(2)15-7-5-8-16(13-15)18(19,20)21;/h5,7-8,13-14,25H,4,6,9-12H2,1-3H3,(H2,22,23,24);1H. The number of aliphatic imine (C=N–C) groups is 1. The number of benzene rings is 1. The van der Waals surface area contributed by atoms with Crippen LogP contribution in [-0.2, 0) is 16.2 Å². The van der Waals surface area contributed by atoms with Gasteiger partial charge in [0.2, 0.25) is 10.0 Å². The van der Waals surface area contributed by atoms with Crippen LogP contribution in [0.3, 0.4) is 0 Å². The van der Waals surface area contributed by atoms with Crippen molar-refractivity contribution in [1.29, 1.82) is 0 Å². The Balaban J connectivity index is 0.00000784. The Labute approximate surface area is 188 Å². The van der Waals surface area contributed by atoms with Gasteiger partial charge in [0.15, 0.2) is 5.96 Å². The molecule has 0 fully saturated rings. The zero-order valence-corrected chi connectivity index (χ0v) is 20.0. The van der Waals surface area contributed by atoms with Crippen molar-refractivity contribution in [2.45, 2.75) is 38.8 Å². The third-order valence-corrected chi connectivity index (χ3v) is 4.69. The summed E-state index contributed by atoms with van der Waals surface area (Å²) in [5.41, 5.74) is 0.00725. The Bertz CT molecular complexity index is 743. The van der Waals surface area contributed by atoms with E-state index in [1.54, 1.807) is 6.07 Å². The minimum atomic E-state index is -4.34. The van der Waals surface area contributed by atoms with Crippen LogP contribution in [0.2, 0.25) is 0 Å². The van der Waals surface area contributed by atoms with E-state index in [4.69, 9.17) is 0 Å². The summed E-state index contributed by atoms with van der Waals surface area (Å²) >= 11 is 0. The number of nitrogens with zero attached hydrogens (tertiary/aromatic N) is 1. The Morgan fingerprint density at radius 2 is 1.90 bits per heavy atom. The van der Waals surface area contributed by atoms with Gasteiger partial charge in [-0.15, -0.1) is 24.0 Å². The lowest BCUT2D eigenvalue weighted by molar-refractivity contribution is -0.137. The second-order valence-corrected chi connectivity index (χ2v) is 8.35. The van der Waals surface area contributed by atoms with E-state index < -0.39 is 21.8 Å². The van der Waals surface area contributed by atoms with Crippen molar-refractivity contribution < 1.29 is 21.6 Å². The maximum absolute atomic E-state index is 12.8. The number of nitrogens with one attached hydrogen (secondary N) is 3. The number of hydrogen-bond donors (Lipinski definition) is 3. The third kappa shape index (κ3) is 12.3. The molecule has 0 spiro atoms. The van der Waals surface area contributed by atoms with E-state index in [1.165, 1.54) is 12.1 Å². The van der Waals surface area contributed by atoms with E-state index >= 15 is 0 Å². The van der Waals surface area contributed by atoms with Crippen molar-refractivity contribution in [1.82, 2.24) is 15.4 Å². The third-order valence-electron chi connectivity index (χ3n) is 3.97. The Kier molecular flexibility index (Phi) is 12.8. The fraction of sp³-hybridized carbons (Fsp3) is 0.611. The van der Waals surface area contributed by atoms with Crippen LogP contribution in [0.25, 0.3) is 0 Å². The molecule has 1 unspecified atom stereocenters. The summed E-state index contributed by atoms with van der Waals surface area (Å²) in [5.74, 6) is 0.551. The van der Waals surface area contributed by atoms with Gasteiger partial charge in [-0.25, -0.2) is 13.1 Å². The van der Waals surface area contributed by atoms with Gasteiger partial charge in [-0.05, 0) is 37.3 Å². The van der Waals surface area contributed by atoms with Gasteiger partial charge in [0.1, 0.15) is 0 Å². The molecule has 168 valence electrons. The highest BCUT2D eigenvalue weighted by molar-refractivity contribution is 14.0. The predicted octanol–water partition coefficient (Wildman–Crippen LogP) is 3.31. The van der Waals surface area contributed by atoms with Crippen LogP contribution in [0.1, 0.15) is 43.7 Å². The average molecular weight is 550 g/mol. The number of alkyl halides is 3. The largest absolute Gasteiger partial charge is 0.416 e. The van der Waals surface area contributed by atoms with Gasteiger partial charge in [-0.3, -0.25) is 4.99 Å². The number of sulfonamides is 1. The van der Waals surface area contributed by atoms with Crippen molar-refractivity contribution in [3.63, 3.8) is 0 Å². The average Bonchev–Trinajstić information content (AvgIpc) is 2.59. The fourth-order valence-electron chi connectivity index (χ4n) is 2.46. The second kappa shape index (κ2) is 13.3. The van der Waals surface area contributed by atoms with Crippen LogP contribution in [0.4, 0.5) is 13.2 Å². The predicted molar refractivity (Wildman–Crippen MR) is 121 cm³/mol. The van der Waals surface area contributed by atoms with E-state index in [2.05, 4.69) is 20.3 Å². The summed E-state index contributed by atoms with van der Waals surface area (Å²) in [7, 11) is -3.20. The minimum Gasteiger partial charge on any atom is -0.357 e. The molecule has 0 aliphatic carbocycles. The number of guanidine groups is 1. The summed E-state index contributed by atoms with van der Waals surface area (Å²) < 4.78 is 62.9. The smallest absolute Gasteiger partial charge is 0.357 e. The SMILES string of the molecule is CCNC(=NCCCNS(C)(=O)=O)NCCC(C)c1cccc(C(F)(F)F)c1.I. The molecular weight excluding hydrogens is 520 g/mol. The second-order valence-electron chi connectivity index (χ2n) is 6.52. The highest BCUT2D eigenvalue weighted by atomic mass is 127. The van der Waals surface area contributed by atoms with Crippen LogP contribution < -0.4 is 15.4 Å². The normalized spacial score (nSPS) is 13.5. The molecular formula is C18H30F3IN4O2S. The summed E-state index contributed by atoms with van der Waals surface area (Å²) in [6.45, 7) is 5.78. The monoisotopic (exact) mass is 550 g/mol. The van der Waals surface area contributed by atoms with Gasteiger partial charge in [0.25, 0.3) is 0 Å². The maximum atomic E-state index is 12.8. The topological polar surface area (TPSA) is 82.6 Å². The van der Waals surface area contributed by atoms with Crippen LogP contribution in [-0.4, -0.2) is 46.8 Å². The molecule has 0 saturated heterocycles. The van der Waals surface area contributed by atoms with Crippen LogP contribution in [0.15, 0.2) is 29.3 Å². The van der Waals surface area contributed by atoms with E-state index in [1.807, 2.05) is 13.8 Å². The molecule has 0 amide bonds. The maximum Gasteiger partial charge on any atom is 0.416 e. The quantitative estimate of drug-likeness (QED) is 0.181. The van der Waals surface area contributed by atoms with Crippen molar-refractivity contribution in [2.24, 2.45) is 4.99 Å². The Hall–Kier alpha value is -1.08. The molecule has 1 atom stereocenters. The molecule has 0 aromatic heterocycles. The summed E-state index contributed by atoms with van der Waals surface area (Å²) in [6, 6.07) is 5.40. The zero-order chi connectivity index (χ0) is 21.2. The van der Waals surface area contributed by atoms with E-state index in [-0.39, 0.29) is 29.9 Å². The molecule has 0 bridgehead atoms. The molecule has 0 heterocycles. The minimum absolute atomic E-state index is 0. The summed E-state index contributed by atoms with van der Waals surface area (Å²) in [5, 5.41) is 6.24. The molecule has 11 heteroatoms. The van der Waals surface area contributed by atoms with Crippen molar-refractivity contribution >= 4 is 40.0 Å². The van der Waals surface area contributed by atoms with Gasteiger partial charge >= 0.3 is 6.18 Å². The molecule has 0 aliphatic rings. The molecule has 1 rings (SSSR count). The number of halogens is 4. The van der Waals surface area contributed by atoms with E-state index in [9.17, 15) is 21.6 Å². The van der Waals surface area contributed by atoms with Gasteiger partial charge in [0, 0.05) is 26.2 Å². The first-order valence-corrected chi connectivity index (χ1v) is 11.1. The van der Waals surface area contributed by atoms with Gasteiger partial charge < -0.3 is 10.6 Å². The van der Waals surface area contributed by atoms with Crippen molar-refractivity contribution in [3.8, 4) is 0 Å². The van der Waals surface area contributed by atoms with Crippen molar-refractivity contribution in [3.05, 3.63) is 35.4 Å². The molecule has 0 aliphatic heterocycles. The highest BCUT2D eigenvalue weighted by Gasteiger charge is 2.30. The molecule has 1 aromatic rings. The first-order valence-electron chi connectivity index (χ1n) is 9.17. The lowest BCUT2D eigenvalue weighted by atomic mass is 9.96. The lowest BCUT2D eigenvalue weighted by Crippen LogP contribution is -2.38. The molecule has 1 aromatic carbocycles. The molecule has 29 heavy (non-hydrogen) atoms. The summed E-state index contributed by atoms with van der Waals surface area (Å²) in [6.07, 6.45) is -2.04. The first kappa shape index (κ1) is 27.9. The molecule has 3 N–H and O–H groups in total. The molecule has 0 saturated carbocycles. The summed E-state index contributed by atoms with van der Waals surface area (Å²) in [4.78, 5) is 4.36. The highest BCUT2D eigenvalue weighted by Crippen LogP contribution is 2.31. The van der Waals surface area contributed by atoms with E-state index in [0.29, 0.717) is 50.5 Å². The first-order chi connectivity index (χ1) is 13.0. The van der Waals surface area contributed by atoms with Gasteiger partial charge in [-0.2, -0.15) is 13.2 Å². The van der Waals surface area contributed by atoms with Crippen molar-refractivity contribution in [2.75, 3.05) is 32.4 Å². The van der Waals surface area contributed by atoms with Crippen LogP contribution >= 0.6 is 24.0 Å². The van der Waals surface area contributed by atoms with Gasteiger partial charge in [-0.1, -0.05) is 25.1 Å². The van der Waals surface area contributed by atoms with E-state index in [0.717, 1.165) is 12.3 Å². The van der Waals surface area contributed by atoms with Crippen LogP contribution in [0, 0.1) is 0 Å². The fourth-order valence-corrected chi connectivity index (χ4v) is 2.98. The molecule has 6 nitrogen and oxygen atoms in total. The van der Waals surface area contributed by atoms with Crippen LogP contribution in [0.5, 0.6) is 0 Å². The number of hydrogen-bond acceptors (Lipinski definition) is 3. The molecule has 0 radical (unpaired) electrons.